The number of hydrogen-bond acceptors (Lipinski definition) is 3. The molecule has 3 nitrogen and oxygen atoms in total. The first kappa shape index (κ1) is 15.2. The summed E-state index contributed by atoms with van der Waals surface area (Å²) >= 11 is 0. The number of rotatable bonds is 3. The number of methoxy groups -OCH3 is 2. The lowest BCUT2D eigenvalue weighted by molar-refractivity contribution is 0.340. The van der Waals surface area contributed by atoms with Crippen LogP contribution in [-0.4, -0.2) is 19.3 Å². The van der Waals surface area contributed by atoms with Gasteiger partial charge in [0.2, 0.25) is 5.75 Å². The topological polar surface area (TPSA) is 38.7 Å². The molecule has 118 valence electrons. The second-order valence-electron chi connectivity index (χ2n) is 5.39. The van der Waals surface area contributed by atoms with Crippen molar-refractivity contribution in [2.75, 3.05) is 14.2 Å². The fourth-order valence-electron chi connectivity index (χ4n) is 2.78. The highest BCUT2D eigenvalue weighted by Gasteiger charge is 2.17. The van der Waals surface area contributed by atoms with E-state index in [1.807, 2.05) is 19.1 Å². The van der Waals surface area contributed by atoms with Crippen molar-refractivity contribution in [2.24, 2.45) is 0 Å². The van der Waals surface area contributed by atoms with Crippen molar-refractivity contribution < 1.29 is 19.0 Å². The van der Waals surface area contributed by atoms with E-state index in [2.05, 4.69) is 0 Å². The Hall–Kier alpha value is -2.75. The van der Waals surface area contributed by atoms with Crippen molar-refractivity contribution in [3.63, 3.8) is 0 Å². The fraction of sp³-hybridized carbons (Fsp3) is 0.158. The molecule has 0 heterocycles. The SMILES string of the molecule is COc1cc(C=C2C(C)=Cc3cc(F)ccc32)cc(OC)c1O. The molecule has 2 aromatic rings. The summed E-state index contributed by atoms with van der Waals surface area (Å²) in [7, 11) is 2.98. The minimum Gasteiger partial charge on any atom is -0.502 e. The van der Waals surface area contributed by atoms with E-state index >= 15 is 0 Å². The molecule has 23 heavy (non-hydrogen) atoms. The molecule has 0 fully saturated rings. The van der Waals surface area contributed by atoms with Crippen LogP contribution in [0.2, 0.25) is 0 Å². The normalized spacial score (nSPS) is 14.6. The predicted octanol–water partition coefficient (Wildman–Crippen LogP) is 4.51. The number of allylic oxidation sites excluding steroid dienone is 2. The number of hydrogen-bond donors (Lipinski definition) is 1. The Labute approximate surface area is 134 Å². The summed E-state index contributed by atoms with van der Waals surface area (Å²) in [5, 5.41) is 9.99. The predicted molar refractivity (Wildman–Crippen MR) is 89.1 cm³/mol. The van der Waals surface area contributed by atoms with Crippen LogP contribution in [0.25, 0.3) is 17.7 Å². The summed E-state index contributed by atoms with van der Waals surface area (Å²) in [4.78, 5) is 0. The van der Waals surface area contributed by atoms with Gasteiger partial charge in [0.25, 0.3) is 0 Å². The highest BCUT2D eigenvalue weighted by molar-refractivity contribution is 6.01. The van der Waals surface area contributed by atoms with E-state index in [0.29, 0.717) is 11.5 Å². The van der Waals surface area contributed by atoms with E-state index < -0.39 is 0 Å². The molecule has 2 aromatic carbocycles. The lowest BCUT2D eigenvalue weighted by Crippen LogP contribution is -1.91. The second-order valence-corrected chi connectivity index (χ2v) is 5.39. The number of phenolic OH excluding ortho intramolecular Hbond substituents is 1. The van der Waals surface area contributed by atoms with Gasteiger partial charge in [-0.2, -0.15) is 0 Å². The van der Waals surface area contributed by atoms with Crippen LogP contribution in [0.1, 0.15) is 23.6 Å². The molecular weight excluding hydrogens is 295 g/mol. The van der Waals surface area contributed by atoms with E-state index in [0.717, 1.165) is 27.8 Å². The van der Waals surface area contributed by atoms with E-state index in [1.54, 1.807) is 18.2 Å². The Morgan fingerprint density at radius 1 is 1.04 bits per heavy atom. The maximum Gasteiger partial charge on any atom is 0.200 e. The van der Waals surface area contributed by atoms with Crippen LogP contribution in [0.5, 0.6) is 17.2 Å². The van der Waals surface area contributed by atoms with Gasteiger partial charge in [0.1, 0.15) is 5.82 Å². The molecule has 0 aromatic heterocycles. The molecule has 3 rings (SSSR count). The number of ether oxygens (including phenoxy) is 2. The molecule has 0 saturated heterocycles. The highest BCUT2D eigenvalue weighted by atomic mass is 19.1. The highest BCUT2D eigenvalue weighted by Crippen LogP contribution is 2.40. The van der Waals surface area contributed by atoms with Crippen molar-refractivity contribution in [3.05, 3.63) is 58.4 Å². The van der Waals surface area contributed by atoms with Gasteiger partial charge in [0, 0.05) is 0 Å². The van der Waals surface area contributed by atoms with Gasteiger partial charge in [0.05, 0.1) is 14.2 Å². The van der Waals surface area contributed by atoms with Gasteiger partial charge in [-0.3, -0.25) is 0 Å². The van der Waals surface area contributed by atoms with E-state index in [9.17, 15) is 9.50 Å². The third-order valence-corrected chi connectivity index (χ3v) is 3.91. The fourth-order valence-corrected chi connectivity index (χ4v) is 2.78. The minimum absolute atomic E-state index is 0.0293. The summed E-state index contributed by atoms with van der Waals surface area (Å²) in [5.41, 5.74) is 4.74. The van der Waals surface area contributed by atoms with Crippen LogP contribution in [0.15, 0.2) is 35.9 Å². The van der Waals surface area contributed by atoms with E-state index in [-0.39, 0.29) is 11.6 Å². The molecule has 0 bridgehead atoms. The molecule has 0 spiro atoms. The summed E-state index contributed by atoms with van der Waals surface area (Å²) in [6.07, 6.45) is 3.93. The first-order valence-corrected chi connectivity index (χ1v) is 7.18. The molecule has 4 heteroatoms. The number of halogens is 1. The van der Waals surface area contributed by atoms with Crippen LogP contribution < -0.4 is 9.47 Å². The maximum absolute atomic E-state index is 13.4. The summed E-state index contributed by atoms with van der Waals surface area (Å²) in [5.74, 6) is 0.408. The molecule has 0 saturated carbocycles. The zero-order chi connectivity index (χ0) is 16.6. The minimum atomic E-state index is -0.248. The van der Waals surface area contributed by atoms with Crippen LogP contribution in [0.4, 0.5) is 4.39 Å². The molecule has 0 unspecified atom stereocenters. The van der Waals surface area contributed by atoms with Crippen molar-refractivity contribution in [1.29, 1.82) is 0 Å². The lowest BCUT2D eigenvalue weighted by atomic mass is 10.00. The zero-order valence-corrected chi connectivity index (χ0v) is 13.2. The molecule has 1 aliphatic carbocycles. The Morgan fingerprint density at radius 3 is 2.30 bits per heavy atom. The lowest BCUT2D eigenvalue weighted by Gasteiger charge is -2.11. The largest absolute Gasteiger partial charge is 0.502 e. The van der Waals surface area contributed by atoms with E-state index in [1.165, 1.54) is 26.4 Å². The van der Waals surface area contributed by atoms with Crippen LogP contribution in [-0.2, 0) is 0 Å². The monoisotopic (exact) mass is 312 g/mol. The van der Waals surface area contributed by atoms with Crippen molar-refractivity contribution in [1.82, 2.24) is 0 Å². The molecule has 1 N–H and O–H groups in total. The quantitative estimate of drug-likeness (QED) is 0.906. The third-order valence-electron chi connectivity index (χ3n) is 3.91. The van der Waals surface area contributed by atoms with Crippen molar-refractivity contribution >= 4 is 17.7 Å². The summed E-state index contributed by atoms with van der Waals surface area (Å²) in [6.45, 7) is 1.98. The number of aromatic hydroxyl groups is 1. The van der Waals surface area contributed by atoms with Gasteiger partial charge in [-0.1, -0.05) is 12.1 Å². The number of phenols is 1. The summed E-state index contributed by atoms with van der Waals surface area (Å²) in [6, 6.07) is 8.23. The third kappa shape index (κ3) is 2.68. The molecule has 0 amide bonds. The van der Waals surface area contributed by atoms with Crippen LogP contribution in [0, 0.1) is 5.82 Å². The van der Waals surface area contributed by atoms with Crippen molar-refractivity contribution in [2.45, 2.75) is 6.92 Å². The molecule has 0 aliphatic heterocycles. The molecular formula is C19H17FO3. The summed E-state index contributed by atoms with van der Waals surface area (Å²) < 4.78 is 23.7. The Bertz CT molecular complexity index is 809. The van der Waals surface area contributed by atoms with Gasteiger partial charge in [0.15, 0.2) is 11.5 Å². The zero-order valence-electron chi connectivity index (χ0n) is 13.2. The Morgan fingerprint density at radius 2 is 1.70 bits per heavy atom. The van der Waals surface area contributed by atoms with Crippen LogP contribution in [0.3, 0.4) is 0 Å². The van der Waals surface area contributed by atoms with Gasteiger partial charge >= 0.3 is 0 Å². The second kappa shape index (κ2) is 5.80. The van der Waals surface area contributed by atoms with Gasteiger partial charge in [-0.15, -0.1) is 0 Å². The molecule has 0 radical (unpaired) electrons. The standard InChI is InChI=1S/C19H17FO3/c1-11-6-13-10-14(20)4-5-15(13)16(11)7-12-8-17(22-2)19(21)18(9-12)23-3/h4-10,21H,1-3H3. The van der Waals surface area contributed by atoms with Gasteiger partial charge in [-0.05, 0) is 65.1 Å². The van der Waals surface area contributed by atoms with Gasteiger partial charge < -0.3 is 14.6 Å². The number of fused-ring (bicyclic) bond motifs is 1. The van der Waals surface area contributed by atoms with Gasteiger partial charge in [-0.25, -0.2) is 4.39 Å². The smallest absolute Gasteiger partial charge is 0.200 e. The average molecular weight is 312 g/mol. The molecule has 0 atom stereocenters. The number of benzene rings is 2. The Kier molecular flexibility index (Phi) is 3.82. The Balaban J connectivity index is 2.12. The molecule has 1 aliphatic rings. The van der Waals surface area contributed by atoms with Crippen LogP contribution >= 0.6 is 0 Å². The first-order valence-electron chi connectivity index (χ1n) is 7.18. The average Bonchev–Trinajstić information content (AvgIpc) is 2.83. The van der Waals surface area contributed by atoms with Crippen molar-refractivity contribution in [3.8, 4) is 17.2 Å². The maximum atomic E-state index is 13.4. The first-order chi connectivity index (χ1) is 11.0. The van der Waals surface area contributed by atoms with E-state index in [4.69, 9.17) is 9.47 Å².